The molecule has 0 aromatic carbocycles. The Labute approximate surface area is 115 Å². The molecule has 3 fully saturated rings. The normalized spacial score (nSPS) is 42.1. The number of piperidine rings is 1. The number of aliphatic hydroxyl groups is 1. The Morgan fingerprint density at radius 1 is 1.32 bits per heavy atom. The number of hydrogen-bond donors (Lipinski definition) is 2. The number of amides is 1. The van der Waals surface area contributed by atoms with Crippen molar-refractivity contribution in [1.29, 1.82) is 0 Å². The van der Waals surface area contributed by atoms with Crippen molar-refractivity contribution in [3.63, 3.8) is 0 Å². The first-order valence-corrected chi connectivity index (χ1v) is 7.76. The van der Waals surface area contributed by atoms with Gasteiger partial charge in [0.05, 0.1) is 11.5 Å². The minimum Gasteiger partial charge on any atom is -0.393 e. The standard InChI is InChI=1S/C15H26N2O2/c1-10(2)15(5-6-16-9-15)14(19)17-11-3-4-12(17)8-13(18)7-11/h10-13,16,18H,3-9H2,1-2H3. The van der Waals surface area contributed by atoms with Crippen molar-refractivity contribution < 1.29 is 9.90 Å². The predicted molar refractivity (Wildman–Crippen MR) is 73.7 cm³/mol. The molecule has 0 aliphatic carbocycles. The summed E-state index contributed by atoms with van der Waals surface area (Å²) in [6.07, 6.45) is 4.48. The van der Waals surface area contributed by atoms with Crippen LogP contribution in [0.25, 0.3) is 0 Å². The van der Waals surface area contributed by atoms with Crippen molar-refractivity contribution in [2.75, 3.05) is 13.1 Å². The number of aliphatic hydroxyl groups excluding tert-OH is 1. The smallest absolute Gasteiger partial charge is 0.230 e. The van der Waals surface area contributed by atoms with Gasteiger partial charge in [0.1, 0.15) is 0 Å². The molecule has 2 bridgehead atoms. The van der Waals surface area contributed by atoms with E-state index < -0.39 is 0 Å². The molecule has 1 amide bonds. The van der Waals surface area contributed by atoms with Crippen LogP contribution in [0.1, 0.15) is 46.0 Å². The van der Waals surface area contributed by atoms with Gasteiger partial charge in [-0.3, -0.25) is 4.79 Å². The van der Waals surface area contributed by atoms with E-state index in [4.69, 9.17) is 0 Å². The third kappa shape index (κ3) is 2.00. The van der Waals surface area contributed by atoms with Gasteiger partial charge in [-0.1, -0.05) is 13.8 Å². The van der Waals surface area contributed by atoms with Crippen molar-refractivity contribution >= 4 is 5.91 Å². The fourth-order valence-corrected chi connectivity index (χ4v) is 4.37. The SMILES string of the molecule is CC(C)C1(C(=O)N2C3CCC2CC(O)C3)CCNC1. The van der Waals surface area contributed by atoms with E-state index in [-0.39, 0.29) is 23.6 Å². The van der Waals surface area contributed by atoms with Crippen LogP contribution in [0.2, 0.25) is 0 Å². The molecular formula is C15H26N2O2. The first-order chi connectivity index (χ1) is 9.04. The highest BCUT2D eigenvalue weighted by Crippen LogP contribution is 2.43. The van der Waals surface area contributed by atoms with Crippen molar-refractivity contribution in [3.8, 4) is 0 Å². The number of carbonyl (C=O) groups excluding carboxylic acids is 1. The average molecular weight is 266 g/mol. The van der Waals surface area contributed by atoms with Gasteiger partial charge in [0.2, 0.25) is 5.91 Å². The number of hydrogen-bond acceptors (Lipinski definition) is 3. The van der Waals surface area contributed by atoms with Crippen LogP contribution in [0.4, 0.5) is 0 Å². The zero-order valence-electron chi connectivity index (χ0n) is 12.1. The zero-order chi connectivity index (χ0) is 13.6. The second-order valence-corrected chi connectivity index (χ2v) is 6.96. The Hall–Kier alpha value is -0.610. The molecule has 3 rings (SSSR count). The zero-order valence-corrected chi connectivity index (χ0v) is 12.1. The van der Waals surface area contributed by atoms with Gasteiger partial charge < -0.3 is 15.3 Å². The van der Waals surface area contributed by atoms with Crippen LogP contribution in [0.3, 0.4) is 0 Å². The molecule has 4 nitrogen and oxygen atoms in total. The molecule has 0 spiro atoms. The summed E-state index contributed by atoms with van der Waals surface area (Å²) in [4.78, 5) is 15.3. The maximum Gasteiger partial charge on any atom is 0.230 e. The molecule has 19 heavy (non-hydrogen) atoms. The summed E-state index contributed by atoms with van der Waals surface area (Å²) in [7, 11) is 0. The Morgan fingerprint density at radius 2 is 1.95 bits per heavy atom. The highest BCUT2D eigenvalue weighted by atomic mass is 16.3. The highest BCUT2D eigenvalue weighted by molar-refractivity contribution is 5.84. The van der Waals surface area contributed by atoms with E-state index in [0.29, 0.717) is 11.8 Å². The lowest BCUT2D eigenvalue weighted by molar-refractivity contribution is -0.150. The summed E-state index contributed by atoms with van der Waals surface area (Å²) < 4.78 is 0. The lowest BCUT2D eigenvalue weighted by Gasteiger charge is -2.43. The molecule has 0 saturated carbocycles. The molecule has 0 aromatic heterocycles. The Kier molecular flexibility index (Phi) is 3.34. The summed E-state index contributed by atoms with van der Waals surface area (Å²) in [5, 5.41) is 13.3. The predicted octanol–water partition coefficient (Wildman–Crippen LogP) is 1.14. The maximum absolute atomic E-state index is 13.1. The van der Waals surface area contributed by atoms with Gasteiger partial charge in [0.25, 0.3) is 0 Å². The van der Waals surface area contributed by atoms with Crippen LogP contribution >= 0.6 is 0 Å². The van der Waals surface area contributed by atoms with E-state index in [1.165, 1.54) is 0 Å². The molecule has 2 N–H and O–H groups in total. The van der Waals surface area contributed by atoms with Gasteiger partial charge in [-0.25, -0.2) is 0 Å². The second kappa shape index (κ2) is 4.74. The first-order valence-electron chi connectivity index (χ1n) is 7.76. The molecular weight excluding hydrogens is 240 g/mol. The molecule has 0 aromatic rings. The Balaban J connectivity index is 1.84. The van der Waals surface area contributed by atoms with Crippen LogP contribution < -0.4 is 5.32 Å². The van der Waals surface area contributed by atoms with Crippen LogP contribution in [-0.2, 0) is 4.79 Å². The Bertz CT molecular complexity index is 349. The van der Waals surface area contributed by atoms with Crippen LogP contribution in [0.15, 0.2) is 0 Å². The fraction of sp³-hybridized carbons (Fsp3) is 0.933. The quantitative estimate of drug-likeness (QED) is 0.788. The van der Waals surface area contributed by atoms with Gasteiger partial charge in [-0.15, -0.1) is 0 Å². The molecule has 4 heteroatoms. The third-order valence-electron chi connectivity index (χ3n) is 5.66. The molecule has 108 valence electrons. The molecule has 3 aliphatic heterocycles. The summed E-state index contributed by atoms with van der Waals surface area (Å²) in [5.74, 6) is 0.730. The van der Waals surface area contributed by atoms with Gasteiger partial charge in [0.15, 0.2) is 0 Å². The molecule has 0 radical (unpaired) electrons. The van der Waals surface area contributed by atoms with Crippen LogP contribution in [-0.4, -0.2) is 47.2 Å². The van der Waals surface area contributed by atoms with E-state index in [0.717, 1.165) is 45.2 Å². The van der Waals surface area contributed by atoms with Crippen molar-refractivity contribution in [3.05, 3.63) is 0 Å². The first kappa shape index (κ1) is 13.4. The molecule has 3 unspecified atom stereocenters. The van der Waals surface area contributed by atoms with E-state index in [9.17, 15) is 9.90 Å². The summed E-state index contributed by atoms with van der Waals surface area (Å²) >= 11 is 0. The fourth-order valence-electron chi connectivity index (χ4n) is 4.37. The highest BCUT2D eigenvalue weighted by Gasteiger charge is 2.52. The van der Waals surface area contributed by atoms with Gasteiger partial charge >= 0.3 is 0 Å². The minimum atomic E-state index is -0.205. The lowest BCUT2D eigenvalue weighted by Crippen LogP contribution is -2.55. The number of rotatable bonds is 2. The van der Waals surface area contributed by atoms with E-state index in [1.54, 1.807) is 0 Å². The number of nitrogens with zero attached hydrogens (tertiary/aromatic N) is 1. The average Bonchev–Trinajstić information content (AvgIpc) is 2.94. The van der Waals surface area contributed by atoms with Gasteiger partial charge in [0, 0.05) is 18.6 Å². The monoisotopic (exact) mass is 266 g/mol. The third-order valence-corrected chi connectivity index (χ3v) is 5.66. The second-order valence-electron chi connectivity index (χ2n) is 6.96. The molecule has 3 saturated heterocycles. The van der Waals surface area contributed by atoms with E-state index >= 15 is 0 Å². The molecule has 3 aliphatic rings. The van der Waals surface area contributed by atoms with Crippen molar-refractivity contribution in [1.82, 2.24) is 10.2 Å². The number of fused-ring (bicyclic) bond motifs is 2. The Morgan fingerprint density at radius 3 is 2.42 bits per heavy atom. The molecule has 3 atom stereocenters. The lowest BCUT2D eigenvalue weighted by atomic mass is 9.74. The van der Waals surface area contributed by atoms with Crippen molar-refractivity contribution in [2.24, 2.45) is 11.3 Å². The van der Waals surface area contributed by atoms with Gasteiger partial charge in [-0.05, 0) is 44.6 Å². The van der Waals surface area contributed by atoms with Crippen LogP contribution in [0.5, 0.6) is 0 Å². The van der Waals surface area contributed by atoms with Crippen LogP contribution in [0, 0.1) is 11.3 Å². The summed E-state index contributed by atoms with van der Waals surface area (Å²) in [6.45, 7) is 6.12. The largest absolute Gasteiger partial charge is 0.393 e. The minimum absolute atomic E-state index is 0.196. The topological polar surface area (TPSA) is 52.6 Å². The van der Waals surface area contributed by atoms with Gasteiger partial charge in [-0.2, -0.15) is 0 Å². The number of nitrogens with one attached hydrogen (secondary N) is 1. The summed E-state index contributed by atoms with van der Waals surface area (Å²) in [5.41, 5.74) is -0.205. The maximum atomic E-state index is 13.1. The van der Waals surface area contributed by atoms with Crippen molar-refractivity contribution in [2.45, 2.75) is 64.1 Å². The summed E-state index contributed by atoms with van der Waals surface area (Å²) in [6, 6.07) is 0.579. The molecule has 3 heterocycles. The van der Waals surface area contributed by atoms with E-state index in [1.807, 2.05) is 0 Å². The number of carbonyl (C=O) groups is 1. The van der Waals surface area contributed by atoms with E-state index in [2.05, 4.69) is 24.1 Å².